The van der Waals surface area contributed by atoms with Crippen molar-refractivity contribution in [1.29, 1.82) is 0 Å². The molecule has 1 saturated heterocycles. The number of hydrogen-bond donors (Lipinski definition) is 2. The van der Waals surface area contributed by atoms with Gasteiger partial charge in [0.25, 0.3) is 0 Å². The van der Waals surface area contributed by atoms with E-state index in [0.717, 1.165) is 32.4 Å². The molecule has 0 aromatic carbocycles. The van der Waals surface area contributed by atoms with Crippen LogP contribution < -0.4 is 5.32 Å². The van der Waals surface area contributed by atoms with E-state index in [1.54, 1.807) is 0 Å². The molecule has 0 aromatic heterocycles. The van der Waals surface area contributed by atoms with Crippen molar-refractivity contribution in [2.75, 3.05) is 19.7 Å². The van der Waals surface area contributed by atoms with Crippen LogP contribution in [0.15, 0.2) is 0 Å². The van der Waals surface area contributed by atoms with Crippen molar-refractivity contribution in [3.05, 3.63) is 0 Å². The number of hydrogen-bond acceptors (Lipinski definition) is 3. The first kappa shape index (κ1) is 15.4. The van der Waals surface area contributed by atoms with Crippen molar-refractivity contribution in [1.82, 2.24) is 10.2 Å². The van der Waals surface area contributed by atoms with Gasteiger partial charge in [-0.3, -0.25) is 4.79 Å². The second kappa shape index (κ2) is 7.74. The molecule has 4 nitrogen and oxygen atoms in total. The number of rotatable bonds is 7. The van der Waals surface area contributed by atoms with Gasteiger partial charge in [0.2, 0.25) is 5.91 Å². The number of nitrogens with one attached hydrogen (secondary N) is 1. The Balaban J connectivity index is 2.65. The van der Waals surface area contributed by atoms with Crippen LogP contribution in [0.4, 0.5) is 0 Å². The summed E-state index contributed by atoms with van der Waals surface area (Å²) in [5.41, 5.74) is 0. The van der Waals surface area contributed by atoms with E-state index in [0.29, 0.717) is 12.3 Å². The molecule has 2 N–H and O–H groups in total. The van der Waals surface area contributed by atoms with E-state index in [2.05, 4.69) is 26.1 Å². The van der Waals surface area contributed by atoms with Crippen molar-refractivity contribution in [3.63, 3.8) is 0 Å². The molecule has 18 heavy (non-hydrogen) atoms. The monoisotopic (exact) mass is 256 g/mol. The molecule has 0 spiro atoms. The lowest BCUT2D eigenvalue weighted by Gasteiger charge is -2.40. The summed E-state index contributed by atoms with van der Waals surface area (Å²) in [5.74, 6) is 0.618. The van der Waals surface area contributed by atoms with Crippen LogP contribution in [0.3, 0.4) is 0 Å². The van der Waals surface area contributed by atoms with E-state index < -0.39 is 0 Å². The van der Waals surface area contributed by atoms with E-state index in [-0.39, 0.29) is 24.6 Å². The van der Waals surface area contributed by atoms with Crippen LogP contribution in [0.1, 0.15) is 46.5 Å². The summed E-state index contributed by atoms with van der Waals surface area (Å²) in [6.45, 7) is 8.25. The summed E-state index contributed by atoms with van der Waals surface area (Å²) in [6, 6.07) is 0.160. The number of aliphatic hydroxyl groups is 1. The first-order chi connectivity index (χ1) is 8.61. The molecule has 2 atom stereocenters. The third kappa shape index (κ3) is 3.95. The van der Waals surface area contributed by atoms with Gasteiger partial charge < -0.3 is 15.3 Å². The largest absolute Gasteiger partial charge is 0.396 e. The predicted molar refractivity (Wildman–Crippen MR) is 73.4 cm³/mol. The molecule has 1 aliphatic rings. The van der Waals surface area contributed by atoms with Gasteiger partial charge in [-0.05, 0) is 38.1 Å². The molecule has 106 valence electrons. The minimum atomic E-state index is -0.0151. The Morgan fingerprint density at radius 3 is 2.78 bits per heavy atom. The highest BCUT2D eigenvalue weighted by atomic mass is 16.3. The molecule has 1 rings (SSSR count). The van der Waals surface area contributed by atoms with Crippen molar-refractivity contribution >= 4 is 5.91 Å². The number of aliphatic hydroxyl groups excluding tert-OH is 1. The Morgan fingerprint density at radius 1 is 1.50 bits per heavy atom. The van der Waals surface area contributed by atoms with Gasteiger partial charge in [0.15, 0.2) is 0 Å². The van der Waals surface area contributed by atoms with Crippen LogP contribution >= 0.6 is 0 Å². The van der Waals surface area contributed by atoms with Crippen molar-refractivity contribution in [2.24, 2.45) is 5.92 Å². The van der Waals surface area contributed by atoms with E-state index >= 15 is 0 Å². The van der Waals surface area contributed by atoms with Crippen molar-refractivity contribution < 1.29 is 9.90 Å². The Labute approximate surface area is 111 Å². The van der Waals surface area contributed by atoms with Crippen LogP contribution in [0.5, 0.6) is 0 Å². The fourth-order valence-electron chi connectivity index (χ4n) is 2.72. The van der Waals surface area contributed by atoms with Gasteiger partial charge >= 0.3 is 0 Å². The highest BCUT2D eigenvalue weighted by Gasteiger charge is 2.33. The number of carbonyl (C=O) groups excluding carboxylic acids is 1. The molecule has 2 unspecified atom stereocenters. The smallest absolute Gasteiger partial charge is 0.239 e. The molecule has 0 bridgehead atoms. The second-order valence-electron chi connectivity index (χ2n) is 5.50. The molecular weight excluding hydrogens is 228 g/mol. The third-order valence-electron chi connectivity index (χ3n) is 3.71. The maximum atomic E-state index is 12.4. The van der Waals surface area contributed by atoms with Crippen LogP contribution in [-0.2, 0) is 4.79 Å². The van der Waals surface area contributed by atoms with Gasteiger partial charge in [0.05, 0.1) is 6.04 Å². The topological polar surface area (TPSA) is 52.6 Å². The van der Waals surface area contributed by atoms with Gasteiger partial charge in [-0.1, -0.05) is 20.8 Å². The highest BCUT2D eigenvalue weighted by Crippen LogP contribution is 2.21. The number of amides is 1. The average Bonchev–Trinajstić information content (AvgIpc) is 2.35. The van der Waals surface area contributed by atoms with Crippen LogP contribution in [-0.4, -0.2) is 47.7 Å². The highest BCUT2D eigenvalue weighted by molar-refractivity contribution is 5.83. The second-order valence-corrected chi connectivity index (χ2v) is 5.50. The molecule has 0 radical (unpaired) electrons. The Hall–Kier alpha value is -0.610. The minimum Gasteiger partial charge on any atom is -0.396 e. The van der Waals surface area contributed by atoms with E-state index in [1.807, 2.05) is 4.90 Å². The molecule has 1 heterocycles. The SMILES string of the molecule is CCCNC1CCCN(C(CCO)C(C)C)C1=O. The normalized spacial score (nSPS) is 22.6. The molecule has 1 aliphatic heterocycles. The van der Waals surface area contributed by atoms with Crippen LogP contribution in [0.2, 0.25) is 0 Å². The number of carbonyl (C=O) groups is 1. The van der Waals surface area contributed by atoms with Gasteiger partial charge in [0, 0.05) is 19.2 Å². The summed E-state index contributed by atoms with van der Waals surface area (Å²) >= 11 is 0. The van der Waals surface area contributed by atoms with E-state index in [9.17, 15) is 4.79 Å². The number of likely N-dealkylation sites (tertiary alicyclic amines) is 1. The summed E-state index contributed by atoms with van der Waals surface area (Å²) in [7, 11) is 0. The summed E-state index contributed by atoms with van der Waals surface area (Å²) in [6.07, 6.45) is 3.74. The van der Waals surface area contributed by atoms with Crippen molar-refractivity contribution in [2.45, 2.75) is 58.5 Å². The van der Waals surface area contributed by atoms with E-state index in [1.165, 1.54) is 0 Å². The van der Waals surface area contributed by atoms with Gasteiger partial charge in [-0.2, -0.15) is 0 Å². The molecule has 0 saturated carbocycles. The summed E-state index contributed by atoms with van der Waals surface area (Å²) < 4.78 is 0. The molecular formula is C14H28N2O2. The van der Waals surface area contributed by atoms with Gasteiger partial charge in [-0.15, -0.1) is 0 Å². The molecule has 1 fully saturated rings. The van der Waals surface area contributed by atoms with E-state index in [4.69, 9.17) is 5.11 Å². The maximum absolute atomic E-state index is 12.4. The number of nitrogens with zero attached hydrogens (tertiary/aromatic N) is 1. The Morgan fingerprint density at radius 2 is 2.22 bits per heavy atom. The quantitative estimate of drug-likeness (QED) is 0.723. The van der Waals surface area contributed by atoms with Gasteiger partial charge in [0.1, 0.15) is 0 Å². The average molecular weight is 256 g/mol. The fourth-order valence-corrected chi connectivity index (χ4v) is 2.72. The lowest BCUT2D eigenvalue weighted by Crippen LogP contribution is -2.55. The zero-order valence-electron chi connectivity index (χ0n) is 12.0. The Bertz CT molecular complexity index is 256. The zero-order valence-corrected chi connectivity index (χ0v) is 12.0. The zero-order chi connectivity index (χ0) is 13.5. The maximum Gasteiger partial charge on any atom is 0.239 e. The standard InChI is InChI=1S/C14H28N2O2/c1-4-8-15-12-6-5-9-16(14(12)18)13(7-10-17)11(2)3/h11-13,15,17H,4-10H2,1-3H3. The fraction of sp³-hybridized carbons (Fsp3) is 0.929. The number of piperidine rings is 1. The molecule has 0 aliphatic carbocycles. The first-order valence-electron chi connectivity index (χ1n) is 7.26. The summed E-state index contributed by atoms with van der Waals surface area (Å²) in [4.78, 5) is 14.4. The lowest BCUT2D eigenvalue weighted by atomic mass is 9.94. The molecule has 1 amide bonds. The minimum absolute atomic E-state index is 0.0151. The molecule has 4 heteroatoms. The molecule has 0 aromatic rings. The van der Waals surface area contributed by atoms with Crippen LogP contribution in [0.25, 0.3) is 0 Å². The predicted octanol–water partition coefficient (Wildman–Crippen LogP) is 1.38. The van der Waals surface area contributed by atoms with Gasteiger partial charge in [-0.25, -0.2) is 0 Å². The third-order valence-corrected chi connectivity index (χ3v) is 3.71. The van der Waals surface area contributed by atoms with Crippen molar-refractivity contribution in [3.8, 4) is 0 Å². The first-order valence-corrected chi connectivity index (χ1v) is 7.26. The Kier molecular flexibility index (Phi) is 6.65. The lowest BCUT2D eigenvalue weighted by molar-refractivity contribution is -0.140. The summed E-state index contributed by atoms with van der Waals surface area (Å²) in [5, 5.41) is 12.5. The van der Waals surface area contributed by atoms with Crippen LogP contribution in [0, 0.1) is 5.92 Å².